The van der Waals surface area contributed by atoms with Gasteiger partial charge in [0, 0.05) is 18.1 Å². The highest BCUT2D eigenvalue weighted by Crippen LogP contribution is 2.18. The fourth-order valence-electron chi connectivity index (χ4n) is 3.20. The van der Waals surface area contributed by atoms with Gasteiger partial charge in [-0.05, 0) is 48.1 Å². The van der Waals surface area contributed by atoms with Crippen molar-refractivity contribution in [3.8, 4) is 0 Å². The topological polar surface area (TPSA) is 49.4 Å². The van der Waals surface area contributed by atoms with Gasteiger partial charge in [0.1, 0.15) is 6.04 Å². The van der Waals surface area contributed by atoms with E-state index < -0.39 is 6.04 Å². The summed E-state index contributed by atoms with van der Waals surface area (Å²) in [5.74, 6) is 0.193. The predicted molar refractivity (Wildman–Crippen MR) is 119 cm³/mol. The number of benzene rings is 2. The number of carbonyl (C=O) groups excluding carboxylic acids is 2. The van der Waals surface area contributed by atoms with E-state index in [9.17, 15) is 9.59 Å². The van der Waals surface area contributed by atoms with Crippen molar-refractivity contribution < 1.29 is 9.59 Å². The average molecular weight is 415 g/mol. The van der Waals surface area contributed by atoms with Gasteiger partial charge in [0.2, 0.25) is 11.8 Å². The van der Waals surface area contributed by atoms with E-state index in [1.165, 1.54) is 0 Å². The minimum absolute atomic E-state index is 0.0548. The molecule has 156 valence electrons. The summed E-state index contributed by atoms with van der Waals surface area (Å²) in [5, 5.41) is 3.63. The SMILES string of the molecule is CCC(C(=O)NCC(C)C)N(Cc1ccc(Cl)cc1)C(=O)Cc1ccccc1C. The first kappa shape index (κ1) is 23.0. The smallest absolute Gasteiger partial charge is 0.242 e. The molecule has 0 heterocycles. The van der Waals surface area contributed by atoms with Gasteiger partial charge in [-0.2, -0.15) is 0 Å². The molecule has 0 aliphatic rings. The van der Waals surface area contributed by atoms with E-state index in [2.05, 4.69) is 19.2 Å². The fourth-order valence-corrected chi connectivity index (χ4v) is 3.33. The lowest BCUT2D eigenvalue weighted by Gasteiger charge is -2.31. The van der Waals surface area contributed by atoms with Crippen LogP contribution in [-0.2, 0) is 22.6 Å². The van der Waals surface area contributed by atoms with Crippen LogP contribution in [0.3, 0.4) is 0 Å². The highest BCUT2D eigenvalue weighted by molar-refractivity contribution is 6.30. The summed E-state index contributed by atoms with van der Waals surface area (Å²) in [6, 6.07) is 14.8. The number of nitrogens with zero attached hydrogens (tertiary/aromatic N) is 1. The van der Waals surface area contributed by atoms with E-state index in [1.807, 2.05) is 50.2 Å². The molecule has 1 unspecified atom stereocenters. The molecule has 2 rings (SSSR count). The van der Waals surface area contributed by atoms with E-state index >= 15 is 0 Å². The summed E-state index contributed by atoms with van der Waals surface area (Å²) < 4.78 is 0. The normalized spacial score (nSPS) is 11.9. The van der Waals surface area contributed by atoms with Gasteiger partial charge < -0.3 is 10.2 Å². The van der Waals surface area contributed by atoms with Crippen molar-refractivity contribution in [3.63, 3.8) is 0 Å². The van der Waals surface area contributed by atoms with E-state index in [4.69, 9.17) is 11.6 Å². The monoisotopic (exact) mass is 414 g/mol. The molecular formula is C24H31ClN2O2. The number of hydrogen-bond donors (Lipinski definition) is 1. The van der Waals surface area contributed by atoms with Gasteiger partial charge in [-0.1, -0.05) is 68.8 Å². The van der Waals surface area contributed by atoms with Crippen LogP contribution in [0.5, 0.6) is 0 Å². The first-order chi connectivity index (χ1) is 13.8. The van der Waals surface area contributed by atoms with Crippen molar-refractivity contribution in [1.29, 1.82) is 0 Å². The molecule has 0 aromatic heterocycles. The molecule has 0 saturated heterocycles. The van der Waals surface area contributed by atoms with Crippen LogP contribution in [0, 0.1) is 12.8 Å². The maximum absolute atomic E-state index is 13.3. The Labute approximate surface area is 179 Å². The molecule has 1 N–H and O–H groups in total. The Balaban J connectivity index is 2.27. The molecule has 0 spiro atoms. The molecular weight excluding hydrogens is 384 g/mol. The molecule has 0 bridgehead atoms. The van der Waals surface area contributed by atoms with Crippen LogP contribution in [0.25, 0.3) is 0 Å². The number of rotatable bonds is 9. The molecule has 29 heavy (non-hydrogen) atoms. The minimum atomic E-state index is -0.513. The molecule has 0 fully saturated rings. The van der Waals surface area contributed by atoms with Crippen LogP contribution in [0.2, 0.25) is 5.02 Å². The van der Waals surface area contributed by atoms with Crippen LogP contribution in [-0.4, -0.2) is 29.3 Å². The number of nitrogens with one attached hydrogen (secondary N) is 1. The van der Waals surface area contributed by atoms with Gasteiger partial charge in [-0.15, -0.1) is 0 Å². The third kappa shape index (κ3) is 6.90. The second-order valence-corrected chi connectivity index (χ2v) is 8.25. The quantitative estimate of drug-likeness (QED) is 0.642. The molecule has 1 atom stereocenters. The zero-order chi connectivity index (χ0) is 21.4. The van der Waals surface area contributed by atoms with Gasteiger partial charge in [0.05, 0.1) is 6.42 Å². The Morgan fingerprint density at radius 3 is 2.31 bits per heavy atom. The summed E-state index contributed by atoms with van der Waals surface area (Å²) in [5.41, 5.74) is 3.00. The van der Waals surface area contributed by atoms with Crippen molar-refractivity contribution in [1.82, 2.24) is 10.2 Å². The van der Waals surface area contributed by atoms with Crippen molar-refractivity contribution in [2.24, 2.45) is 5.92 Å². The Morgan fingerprint density at radius 2 is 1.72 bits per heavy atom. The minimum Gasteiger partial charge on any atom is -0.354 e. The first-order valence-corrected chi connectivity index (χ1v) is 10.6. The van der Waals surface area contributed by atoms with E-state index in [-0.39, 0.29) is 18.2 Å². The summed E-state index contributed by atoms with van der Waals surface area (Å²) in [6.45, 7) is 9.01. The molecule has 2 amide bonds. The van der Waals surface area contributed by atoms with E-state index in [1.54, 1.807) is 17.0 Å². The van der Waals surface area contributed by atoms with Crippen molar-refractivity contribution >= 4 is 23.4 Å². The molecule has 0 saturated carbocycles. The lowest BCUT2D eigenvalue weighted by Crippen LogP contribution is -2.50. The Bertz CT molecular complexity index is 818. The maximum Gasteiger partial charge on any atom is 0.242 e. The molecule has 5 heteroatoms. The summed E-state index contributed by atoms with van der Waals surface area (Å²) in [6.07, 6.45) is 0.825. The second kappa shape index (κ2) is 11.0. The number of aryl methyl sites for hydroxylation is 1. The molecule has 0 aliphatic carbocycles. The Morgan fingerprint density at radius 1 is 1.07 bits per heavy atom. The lowest BCUT2D eigenvalue weighted by molar-refractivity contribution is -0.141. The average Bonchev–Trinajstić information content (AvgIpc) is 2.69. The number of carbonyl (C=O) groups is 2. The first-order valence-electron chi connectivity index (χ1n) is 10.2. The third-order valence-electron chi connectivity index (χ3n) is 4.94. The van der Waals surface area contributed by atoms with Crippen LogP contribution in [0.15, 0.2) is 48.5 Å². The molecule has 0 radical (unpaired) electrons. The number of halogens is 1. The zero-order valence-electron chi connectivity index (χ0n) is 17.7. The predicted octanol–water partition coefficient (Wildman–Crippen LogP) is 4.77. The molecule has 2 aromatic rings. The zero-order valence-corrected chi connectivity index (χ0v) is 18.5. The molecule has 4 nitrogen and oxygen atoms in total. The summed E-state index contributed by atoms with van der Waals surface area (Å²) >= 11 is 6.00. The molecule has 2 aromatic carbocycles. The lowest BCUT2D eigenvalue weighted by atomic mass is 10.0. The largest absolute Gasteiger partial charge is 0.354 e. The highest BCUT2D eigenvalue weighted by Gasteiger charge is 2.28. The van der Waals surface area contributed by atoms with Gasteiger partial charge in [0.15, 0.2) is 0 Å². The summed E-state index contributed by atoms with van der Waals surface area (Å²) in [4.78, 5) is 27.9. The van der Waals surface area contributed by atoms with Crippen molar-refractivity contribution in [2.45, 2.75) is 53.1 Å². The van der Waals surface area contributed by atoms with Gasteiger partial charge in [0.25, 0.3) is 0 Å². The van der Waals surface area contributed by atoms with E-state index in [0.717, 1.165) is 16.7 Å². The van der Waals surface area contributed by atoms with Gasteiger partial charge in [-0.25, -0.2) is 0 Å². The second-order valence-electron chi connectivity index (χ2n) is 7.81. The number of hydrogen-bond acceptors (Lipinski definition) is 2. The fraction of sp³-hybridized carbons (Fsp3) is 0.417. The standard InChI is InChI=1S/C24H31ClN2O2/c1-5-22(24(29)26-15-17(2)3)27(16-19-10-12-21(25)13-11-19)23(28)14-20-9-7-6-8-18(20)4/h6-13,17,22H,5,14-16H2,1-4H3,(H,26,29). The van der Waals surface area contributed by atoms with Crippen LogP contribution >= 0.6 is 11.6 Å². The van der Waals surface area contributed by atoms with Crippen LogP contribution in [0.1, 0.15) is 43.9 Å². The van der Waals surface area contributed by atoms with Crippen LogP contribution in [0.4, 0.5) is 0 Å². The maximum atomic E-state index is 13.3. The Hall–Kier alpha value is -2.33. The van der Waals surface area contributed by atoms with Gasteiger partial charge in [-0.3, -0.25) is 9.59 Å². The highest BCUT2D eigenvalue weighted by atomic mass is 35.5. The Kier molecular flexibility index (Phi) is 8.71. The third-order valence-corrected chi connectivity index (χ3v) is 5.19. The van der Waals surface area contributed by atoms with Crippen LogP contribution < -0.4 is 5.32 Å². The molecule has 0 aliphatic heterocycles. The van der Waals surface area contributed by atoms with Crippen molar-refractivity contribution in [3.05, 3.63) is 70.2 Å². The number of amides is 2. The summed E-state index contributed by atoms with van der Waals surface area (Å²) in [7, 11) is 0. The van der Waals surface area contributed by atoms with Gasteiger partial charge >= 0.3 is 0 Å². The van der Waals surface area contributed by atoms with Crippen molar-refractivity contribution in [2.75, 3.05) is 6.54 Å². The van der Waals surface area contributed by atoms with E-state index in [0.29, 0.717) is 30.5 Å².